The molecule has 1 aromatic heterocycles. The number of carbonyl (C=O) groups excluding carboxylic acids is 1. The van der Waals surface area contributed by atoms with Crippen LogP contribution in [0.4, 0.5) is 8.78 Å². The standard InChI is InChI=1S/C19H17F2N5O/c1-4-5-16(17(21)11(2)20)19-25-24-18-15(6-7-23-26(18)19)13-8-14(10-27)12(3)22-9-13/h4-10,19,25H,1H2,2-3H3/b16-5+,17-11-. The summed E-state index contributed by atoms with van der Waals surface area (Å²) in [6.45, 7) is 6.32. The molecule has 0 aromatic carbocycles. The van der Waals surface area contributed by atoms with Crippen molar-refractivity contribution in [2.24, 2.45) is 10.2 Å². The predicted molar refractivity (Wildman–Crippen MR) is 100 cm³/mol. The van der Waals surface area contributed by atoms with Crippen molar-refractivity contribution in [1.82, 2.24) is 15.4 Å². The molecule has 0 saturated heterocycles. The first-order valence-corrected chi connectivity index (χ1v) is 8.12. The summed E-state index contributed by atoms with van der Waals surface area (Å²) in [7, 11) is 0. The maximum absolute atomic E-state index is 14.3. The summed E-state index contributed by atoms with van der Waals surface area (Å²) in [5.74, 6) is -1.55. The minimum atomic E-state index is -1.00. The molecule has 1 unspecified atom stereocenters. The Hall–Kier alpha value is -3.42. The Morgan fingerprint density at radius 3 is 2.85 bits per heavy atom. The van der Waals surface area contributed by atoms with E-state index in [4.69, 9.17) is 0 Å². The molecule has 1 N–H and O–H groups in total. The van der Waals surface area contributed by atoms with Crippen molar-refractivity contribution in [3.05, 3.63) is 71.1 Å². The third kappa shape index (κ3) is 3.33. The molecule has 27 heavy (non-hydrogen) atoms. The molecular formula is C19H17F2N5O. The Morgan fingerprint density at radius 1 is 1.41 bits per heavy atom. The average molecular weight is 369 g/mol. The lowest BCUT2D eigenvalue weighted by molar-refractivity contribution is 0.112. The molecule has 0 saturated carbocycles. The van der Waals surface area contributed by atoms with E-state index in [9.17, 15) is 13.6 Å². The molecule has 0 fully saturated rings. The maximum atomic E-state index is 14.3. The topological polar surface area (TPSA) is 70.0 Å². The summed E-state index contributed by atoms with van der Waals surface area (Å²) >= 11 is 0. The molecule has 0 aliphatic carbocycles. The van der Waals surface area contributed by atoms with Crippen molar-refractivity contribution >= 4 is 23.9 Å². The van der Waals surface area contributed by atoms with E-state index in [1.807, 2.05) is 0 Å². The Balaban J connectivity index is 1.98. The van der Waals surface area contributed by atoms with Gasteiger partial charge in [-0.3, -0.25) is 15.2 Å². The van der Waals surface area contributed by atoms with E-state index in [1.54, 1.807) is 25.3 Å². The number of pyridine rings is 1. The lowest BCUT2D eigenvalue weighted by Crippen LogP contribution is -2.39. The van der Waals surface area contributed by atoms with Crippen LogP contribution in [0.5, 0.6) is 0 Å². The van der Waals surface area contributed by atoms with E-state index in [2.05, 4.69) is 27.2 Å². The summed E-state index contributed by atoms with van der Waals surface area (Å²) in [6, 6.07) is 1.70. The number of carbonyl (C=O) groups is 1. The van der Waals surface area contributed by atoms with E-state index in [0.29, 0.717) is 28.2 Å². The van der Waals surface area contributed by atoms with Crippen molar-refractivity contribution in [2.45, 2.75) is 20.0 Å². The zero-order valence-electron chi connectivity index (χ0n) is 14.8. The van der Waals surface area contributed by atoms with Crippen molar-refractivity contribution in [3.63, 3.8) is 0 Å². The van der Waals surface area contributed by atoms with Crippen LogP contribution in [0.2, 0.25) is 0 Å². The number of nitrogens with one attached hydrogen (secondary N) is 1. The molecule has 3 heterocycles. The van der Waals surface area contributed by atoms with Crippen molar-refractivity contribution < 1.29 is 13.6 Å². The molecule has 1 aromatic rings. The van der Waals surface area contributed by atoms with Crippen LogP contribution in [-0.4, -0.2) is 34.5 Å². The van der Waals surface area contributed by atoms with Crippen LogP contribution in [0.25, 0.3) is 5.57 Å². The number of nitrogens with zero attached hydrogens (tertiary/aromatic N) is 4. The number of fused-ring (bicyclic) bond motifs is 1. The fourth-order valence-electron chi connectivity index (χ4n) is 2.76. The molecule has 0 bridgehead atoms. The number of hydrazone groups is 2. The quantitative estimate of drug-likeness (QED) is 0.638. The fraction of sp³-hybridized carbons (Fsp3) is 0.158. The largest absolute Gasteiger partial charge is 0.298 e. The number of rotatable bonds is 5. The highest BCUT2D eigenvalue weighted by atomic mass is 19.2. The number of hydrogen-bond acceptors (Lipinski definition) is 6. The predicted octanol–water partition coefficient (Wildman–Crippen LogP) is 3.41. The van der Waals surface area contributed by atoms with Gasteiger partial charge in [0.2, 0.25) is 0 Å². The van der Waals surface area contributed by atoms with Gasteiger partial charge in [0.05, 0.1) is 0 Å². The minimum Gasteiger partial charge on any atom is -0.298 e. The molecule has 3 rings (SSSR count). The summed E-state index contributed by atoms with van der Waals surface area (Å²) in [5, 5.41) is 9.88. The number of hydrogen-bond donors (Lipinski definition) is 1. The molecule has 0 amide bonds. The Morgan fingerprint density at radius 2 is 2.19 bits per heavy atom. The average Bonchev–Trinajstić information content (AvgIpc) is 3.10. The molecule has 138 valence electrons. The van der Waals surface area contributed by atoms with E-state index in [1.165, 1.54) is 23.4 Å². The second-order valence-corrected chi connectivity index (χ2v) is 5.88. The van der Waals surface area contributed by atoms with Crippen LogP contribution >= 0.6 is 0 Å². The minimum absolute atomic E-state index is 0.0118. The van der Waals surface area contributed by atoms with Crippen LogP contribution in [0.3, 0.4) is 0 Å². The van der Waals surface area contributed by atoms with Gasteiger partial charge in [-0.15, -0.1) is 0 Å². The van der Waals surface area contributed by atoms with Gasteiger partial charge in [-0.25, -0.2) is 13.8 Å². The zero-order chi connectivity index (χ0) is 19.6. The second kappa shape index (κ2) is 7.45. The highest BCUT2D eigenvalue weighted by Gasteiger charge is 2.36. The van der Waals surface area contributed by atoms with Gasteiger partial charge in [0.15, 0.2) is 24.1 Å². The van der Waals surface area contributed by atoms with Gasteiger partial charge in [0.1, 0.15) is 5.83 Å². The highest BCUT2D eigenvalue weighted by Crippen LogP contribution is 2.31. The molecule has 2 aliphatic heterocycles. The molecular weight excluding hydrogens is 352 g/mol. The van der Waals surface area contributed by atoms with E-state index in [-0.39, 0.29) is 5.57 Å². The van der Waals surface area contributed by atoms with Crippen LogP contribution in [0, 0.1) is 6.92 Å². The smallest absolute Gasteiger partial charge is 0.179 e. The number of allylic oxidation sites excluding steroid dienone is 4. The monoisotopic (exact) mass is 369 g/mol. The Kier molecular flexibility index (Phi) is 5.07. The first-order chi connectivity index (χ1) is 13.0. The maximum Gasteiger partial charge on any atom is 0.179 e. The zero-order valence-corrected chi connectivity index (χ0v) is 14.8. The summed E-state index contributed by atoms with van der Waals surface area (Å²) in [4.78, 5) is 15.4. The van der Waals surface area contributed by atoms with Gasteiger partial charge in [0.25, 0.3) is 0 Å². The molecule has 8 heteroatoms. The number of aldehydes is 1. The van der Waals surface area contributed by atoms with E-state index < -0.39 is 17.8 Å². The molecule has 6 nitrogen and oxygen atoms in total. The van der Waals surface area contributed by atoms with Gasteiger partial charge in [0, 0.05) is 40.4 Å². The SMILES string of the molecule is C=C/C=C(\C(F)=C(/C)F)C1NN=C2C(c3cnc(C)c(C=O)c3)=CC=NN21. The van der Waals surface area contributed by atoms with Crippen molar-refractivity contribution in [3.8, 4) is 0 Å². The Labute approximate surface area is 155 Å². The summed E-state index contributed by atoms with van der Waals surface area (Å²) < 4.78 is 27.8. The molecule has 0 radical (unpaired) electrons. The van der Waals surface area contributed by atoms with Gasteiger partial charge < -0.3 is 0 Å². The van der Waals surface area contributed by atoms with Gasteiger partial charge in [-0.05, 0) is 26.0 Å². The third-order valence-corrected chi connectivity index (χ3v) is 4.14. The van der Waals surface area contributed by atoms with Crippen LogP contribution in [0.15, 0.2) is 64.5 Å². The fourth-order valence-corrected chi connectivity index (χ4v) is 2.76. The molecule has 1 atom stereocenters. The lowest BCUT2D eigenvalue weighted by Gasteiger charge is -2.26. The first kappa shape index (κ1) is 18.4. The van der Waals surface area contributed by atoms with Crippen LogP contribution in [-0.2, 0) is 0 Å². The van der Waals surface area contributed by atoms with Crippen molar-refractivity contribution in [2.75, 3.05) is 0 Å². The van der Waals surface area contributed by atoms with Crippen molar-refractivity contribution in [1.29, 1.82) is 0 Å². The molecule has 0 spiro atoms. The van der Waals surface area contributed by atoms with E-state index in [0.717, 1.165) is 13.2 Å². The van der Waals surface area contributed by atoms with Gasteiger partial charge in [-0.1, -0.05) is 18.7 Å². The summed E-state index contributed by atoms with van der Waals surface area (Å²) in [5.41, 5.74) is 5.16. The van der Waals surface area contributed by atoms with Gasteiger partial charge >= 0.3 is 0 Å². The number of aryl methyl sites for hydroxylation is 1. The van der Waals surface area contributed by atoms with E-state index >= 15 is 0 Å². The van der Waals surface area contributed by atoms with Crippen LogP contribution in [0.1, 0.15) is 28.5 Å². The highest BCUT2D eigenvalue weighted by molar-refractivity contribution is 6.26. The van der Waals surface area contributed by atoms with Gasteiger partial charge in [-0.2, -0.15) is 10.2 Å². The Bertz CT molecular complexity index is 955. The first-order valence-electron chi connectivity index (χ1n) is 8.12. The normalized spacial score (nSPS) is 19.6. The lowest BCUT2D eigenvalue weighted by atomic mass is 10.0. The number of aromatic nitrogens is 1. The molecule has 2 aliphatic rings. The number of amidine groups is 1. The number of halogens is 2. The van der Waals surface area contributed by atoms with Crippen LogP contribution < -0.4 is 5.43 Å². The second-order valence-electron chi connectivity index (χ2n) is 5.88. The third-order valence-electron chi connectivity index (χ3n) is 4.14. The summed E-state index contributed by atoms with van der Waals surface area (Å²) in [6.07, 6.45) is 7.46.